The number of Topliss-reactive ketones (excluding diaryl/α,β-unsaturated/α-hetero) is 1. The van der Waals surface area contributed by atoms with Crippen LogP contribution in [0.2, 0.25) is 0 Å². The van der Waals surface area contributed by atoms with Crippen molar-refractivity contribution in [3.8, 4) is 5.69 Å². The summed E-state index contributed by atoms with van der Waals surface area (Å²) in [7, 11) is 0. The van der Waals surface area contributed by atoms with Crippen LogP contribution < -0.4 is 5.32 Å². The monoisotopic (exact) mass is 322 g/mol. The van der Waals surface area contributed by atoms with Crippen LogP contribution in [0.15, 0.2) is 36.4 Å². The summed E-state index contributed by atoms with van der Waals surface area (Å²) in [6, 6.07) is 11.5. The van der Waals surface area contributed by atoms with E-state index in [1.165, 1.54) is 6.92 Å². The van der Waals surface area contributed by atoms with Gasteiger partial charge in [-0.3, -0.25) is 9.59 Å². The number of nitrogens with one attached hydrogen (secondary N) is 1. The second-order valence-corrected chi connectivity index (χ2v) is 5.86. The Bertz CT molecular complexity index is 943. The van der Waals surface area contributed by atoms with Gasteiger partial charge >= 0.3 is 0 Å². The van der Waals surface area contributed by atoms with E-state index in [1.807, 2.05) is 44.2 Å². The van der Waals surface area contributed by atoms with Gasteiger partial charge in [0.1, 0.15) is 16.8 Å². The van der Waals surface area contributed by atoms with Crippen molar-refractivity contribution in [1.82, 2.24) is 15.0 Å². The van der Waals surface area contributed by atoms with Gasteiger partial charge in [-0.2, -0.15) is 4.80 Å². The predicted molar refractivity (Wildman–Crippen MR) is 92.3 cm³/mol. The lowest BCUT2D eigenvalue weighted by molar-refractivity contribution is -0.124. The van der Waals surface area contributed by atoms with E-state index < -0.39 is 0 Å². The number of aryl methyl sites for hydroxylation is 2. The molecule has 6 nitrogen and oxygen atoms in total. The maximum absolute atomic E-state index is 11.8. The van der Waals surface area contributed by atoms with E-state index in [0.717, 1.165) is 22.3 Å². The quantitative estimate of drug-likeness (QED) is 0.749. The summed E-state index contributed by atoms with van der Waals surface area (Å²) in [5.74, 6) is -0.493. The molecule has 0 unspecified atom stereocenters. The molecule has 2 aromatic carbocycles. The predicted octanol–water partition coefficient (Wildman–Crippen LogP) is 2.95. The van der Waals surface area contributed by atoms with Crippen molar-refractivity contribution in [2.45, 2.75) is 27.2 Å². The lowest BCUT2D eigenvalue weighted by atomic mass is 10.1. The van der Waals surface area contributed by atoms with Crippen LogP contribution in [0.25, 0.3) is 16.7 Å². The van der Waals surface area contributed by atoms with Gasteiger partial charge in [0.25, 0.3) is 0 Å². The molecule has 3 rings (SSSR count). The molecule has 0 bridgehead atoms. The van der Waals surface area contributed by atoms with Crippen molar-refractivity contribution in [1.29, 1.82) is 0 Å². The molecule has 0 spiro atoms. The third-order valence-corrected chi connectivity index (χ3v) is 3.74. The van der Waals surface area contributed by atoms with E-state index in [1.54, 1.807) is 10.9 Å². The van der Waals surface area contributed by atoms with Crippen LogP contribution in [-0.4, -0.2) is 26.7 Å². The normalized spacial score (nSPS) is 10.8. The van der Waals surface area contributed by atoms with Crippen molar-refractivity contribution in [3.63, 3.8) is 0 Å². The van der Waals surface area contributed by atoms with Gasteiger partial charge in [-0.1, -0.05) is 18.2 Å². The highest BCUT2D eigenvalue weighted by Gasteiger charge is 2.12. The van der Waals surface area contributed by atoms with Crippen LogP contribution in [0.1, 0.15) is 24.5 Å². The lowest BCUT2D eigenvalue weighted by Gasteiger charge is -2.06. The number of amides is 1. The van der Waals surface area contributed by atoms with Crippen molar-refractivity contribution < 1.29 is 9.59 Å². The van der Waals surface area contributed by atoms with Gasteiger partial charge in [-0.15, -0.1) is 10.2 Å². The van der Waals surface area contributed by atoms with Crippen LogP contribution in [0, 0.1) is 13.8 Å². The molecule has 0 saturated heterocycles. The Morgan fingerprint density at radius 3 is 2.38 bits per heavy atom. The SMILES string of the molecule is CC(=O)CC(=O)Nc1cc2nn(-c3ccccc3C)nc2cc1C. The highest BCUT2D eigenvalue weighted by molar-refractivity contribution is 6.04. The summed E-state index contributed by atoms with van der Waals surface area (Å²) in [4.78, 5) is 24.5. The van der Waals surface area contributed by atoms with Gasteiger partial charge < -0.3 is 5.32 Å². The van der Waals surface area contributed by atoms with Crippen molar-refractivity contribution in [2.24, 2.45) is 0 Å². The van der Waals surface area contributed by atoms with Crippen LogP contribution in [0.3, 0.4) is 0 Å². The third-order valence-electron chi connectivity index (χ3n) is 3.74. The molecule has 1 N–H and O–H groups in total. The minimum absolute atomic E-state index is 0.132. The molecule has 0 atom stereocenters. The van der Waals surface area contributed by atoms with E-state index in [4.69, 9.17) is 0 Å². The van der Waals surface area contributed by atoms with E-state index in [0.29, 0.717) is 11.2 Å². The molecule has 0 radical (unpaired) electrons. The number of rotatable bonds is 4. The molecule has 24 heavy (non-hydrogen) atoms. The zero-order chi connectivity index (χ0) is 17.3. The molecule has 3 aromatic rings. The molecular formula is C18H18N4O2. The molecule has 0 aliphatic heterocycles. The van der Waals surface area contributed by atoms with E-state index in [9.17, 15) is 9.59 Å². The molecule has 6 heteroatoms. The van der Waals surface area contributed by atoms with Crippen molar-refractivity contribution >= 4 is 28.4 Å². The minimum atomic E-state index is -0.323. The summed E-state index contributed by atoms with van der Waals surface area (Å²) in [5.41, 5.74) is 4.93. The molecular weight excluding hydrogens is 304 g/mol. The lowest BCUT2D eigenvalue weighted by Crippen LogP contribution is -2.15. The average Bonchev–Trinajstić information content (AvgIpc) is 2.89. The molecule has 1 heterocycles. The second-order valence-electron chi connectivity index (χ2n) is 5.86. The zero-order valence-corrected chi connectivity index (χ0v) is 13.8. The van der Waals surface area contributed by atoms with E-state index in [2.05, 4.69) is 15.5 Å². The number of fused-ring (bicyclic) bond motifs is 1. The summed E-state index contributed by atoms with van der Waals surface area (Å²) in [6.45, 7) is 5.28. The van der Waals surface area contributed by atoms with Gasteiger partial charge in [0.15, 0.2) is 0 Å². The second kappa shape index (κ2) is 6.23. The highest BCUT2D eigenvalue weighted by atomic mass is 16.2. The standard InChI is InChI=1S/C18H18N4O2/c1-11-6-4-5-7-17(11)22-20-15-8-12(2)14(10-16(15)21-22)19-18(24)9-13(3)23/h4-8,10H,9H2,1-3H3,(H,19,24). The molecule has 0 saturated carbocycles. The summed E-state index contributed by atoms with van der Waals surface area (Å²) in [5, 5.41) is 11.8. The summed E-state index contributed by atoms with van der Waals surface area (Å²) in [6.07, 6.45) is -0.132. The Balaban J connectivity index is 1.98. The van der Waals surface area contributed by atoms with Crippen LogP contribution in [-0.2, 0) is 9.59 Å². The first kappa shape index (κ1) is 15.9. The molecule has 1 aromatic heterocycles. The number of ketones is 1. The van der Waals surface area contributed by atoms with Crippen molar-refractivity contribution in [2.75, 3.05) is 5.32 Å². The summed E-state index contributed by atoms with van der Waals surface area (Å²) >= 11 is 0. The van der Waals surface area contributed by atoms with E-state index in [-0.39, 0.29) is 18.1 Å². The fourth-order valence-corrected chi connectivity index (χ4v) is 2.52. The molecule has 1 amide bonds. The number of benzene rings is 2. The largest absolute Gasteiger partial charge is 0.325 e. The van der Waals surface area contributed by atoms with Gasteiger partial charge in [-0.25, -0.2) is 0 Å². The number of para-hydroxylation sites is 1. The topological polar surface area (TPSA) is 76.9 Å². The average molecular weight is 322 g/mol. The Kier molecular flexibility index (Phi) is 4.12. The Morgan fingerprint density at radius 2 is 1.71 bits per heavy atom. The van der Waals surface area contributed by atoms with Crippen LogP contribution in [0.5, 0.6) is 0 Å². The molecule has 0 aliphatic carbocycles. The van der Waals surface area contributed by atoms with Crippen LogP contribution >= 0.6 is 0 Å². The first-order chi connectivity index (χ1) is 11.4. The van der Waals surface area contributed by atoms with Gasteiger partial charge in [-0.05, 0) is 50.1 Å². The van der Waals surface area contributed by atoms with E-state index >= 15 is 0 Å². The number of hydrogen-bond acceptors (Lipinski definition) is 4. The molecule has 0 fully saturated rings. The van der Waals surface area contributed by atoms with Crippen LogP contribution in [0.4, 0.5) is 5.69 Å². The zero-order valence-electron chi connectivity index (χ0n) is 13.8. The van der Waals surface area contributed by atoms with Gasteiger partial charge in [0.2, 0.25) is 5.91 Å². The van der Waals surface area contributed by atoms with Gasteiger partial charge in [0.05, 0.1) is 12.1 Å². The van der Waals surface area contributed by atoms with Gasteiger partial charge in [0, 0.05) is 5.69 Å². The number of carbonyl (C=O) groups is 2. The molecule has 0 aliphatic rings. The Hall–Kier alpha value is -3.02. The van der Waals surface area contributed by atoms with Crippen molar-refractivity contribution in [3.05, 3.63) is 47.5 Å². The first-order valence-corrected chi connectivity index (χ1v) is 7.67. The number of anilines is 1. The first-order valence-electron chi connectivity index (χ1n) is 7.67. The third kappa shape index (κ3) is 3.17. The smallest absolute Gasteiger partial charge is 0.231 e. The number of hydrogen-bond donors (Lipinski definition) is 1. The fourth-order valence-electron chi connectivity index (χ4n) is 2.52. The highest BCUT2D eigenvalue weighted by Crippen LogP contribution is 2.23. The number of nitrogens with zero attached hydrogens (tertiary/aromatic N) is 3. The maximum atomic E-state index is 11.8. The fraction of sp³-hybridized carbons (Fsp3) is 0.222. The summed E-state index contributed by atoms with van der Waals surface area (Å²) < 4.78 is 0. The molecule has 122 valence electrons. The Morgan fingerprint density at radius 1 is 1.04 bits per heavy atom. The number of aromatic nitrogens is 3. The number of carbonyl (C=O) groups excluding carboxylic acids is 2. The Labute approximate surface area is 139 Å². The minimum Gasteiger partial charge on any atom is -0.325 e. The maximum Gasteiger partial charge on any atom is 0.231 e.